The number of hydrogen-bond donors (Lipinski definition) is 0. The van der Waals surface area contributed by atoms with Crippen LogP contribution in [0, 0.1) is 0 Å². The zero-order valence-electron chi connectivity index (χ0n) is 19.3. The van der Waals surface area contributed by atoms with Gasteiger partial charge in [-0.15, -0.1) is 0 Å². The molecule has 170 valence electrons. The molecule has 1 fully saturated rings. The van der Waals surface area contributed by atoms with Crippen molar-refractivity contribution in [2.75, 3.05) is 54.1 Å². The van der Waals surface area contributed by atoms with Gasteiger partial charge < -0.3 is 19.1 Å². The summed E-state index contributed by atoms with van der Waals surface area (Å²) in [6, 6.07) is 6.30. The van der Waals surface area contributed by atoms with Gasteiger partial charge in [-0.05, 0) is 63.5 Å². The van der Waals surface area contributed by atoms with Gasteiger partial charge in [0.15, 0.2) is 11.5 Å². The van der Waals surface area contributed by atoms with Crippen LogP contribution in [0.15, 0.2) is 18.2 Å². The number of esters is 1. The quantitative estimate of drug-likeness (QED) is 0.358. The molecule has 1 aromatic rings. The fourth-order valence-electron chi connectivity index (χ4n) is 3.98. The molecular formula is C24H40N2O4. The van der Waals surface area contributed by atoms with E-state index in [1.165, 1.54) is 24.8 Å². The topological polar surface area (TPSA) is 51.2 Å². The van der Waals surface area contributed by atoms with Crippen molar-refractivity contribution < 1.29 is 19.0 Å². The van der Waals surface area contributed by atoms with Gasteiger partial charge in [-0.25, -0.2) is 0 Å². The molecule has 1 unspecified atom stereocenters. The summed E-state index contributed by atoms with van der Waals surface area (Å²) in [5.74, 6) is 1.45. The molecule has 1 aromatic carbocycles. The van der Waals surface area contributed by atoms with Crippen LogP contribution >= 0.6 is 0 Å². The molecule has 0 aliphatic carbocycles. The van der Waals surface area contributed by atoms with Crippen LogP contribution in [0.4, 0.5) is 0 Å². The van der Waals surface area contributed by atoms with Crippen molar-refractivity contribution in [2.24, 2.45) is 0 Å². The van der Waals surface area contributed by atoms with Gasteiger partial charge in [-0.1, -0.05) is 25.8 Å². The summed E-state index contributed by atoms with van der Waals surface area (Å²) in [5, 5.41) is 0. The third kappa shape index (κ3) is 8.15. The molecule has 30 heavy (non-hydrogen) atoms. The number of likely N-dealkylation sites (N-methyl/N-ethyl adjacent to an activating group) is 1. The van der Waals surface area contributed by atoms with E-state index in [0.29, 0.717) is 13.0 Å². The summed E-state index contributed by atoms with van der Waals surface area (Å²) in [5.41, 5.74) is 1.22. The molecule has 0 amide bonds. The summed E-state index contributed by atoms with van der Waals surface area (Å²) in [4.78, 5) is 17.2. The van der Waals surface area contributed by atoms with Gasteiger partial charge in [0.25, 0.3) is 0 Å². The Morgan fingerprint density at radius 1 is 1.13 bits per heavy atom. The Bertz CT molecular complexity index is 632. The third-order valence-electron chi connectivity index (χ3n) is 5.82. The molecule has 0 N–H and O–H groups in total. The fraction of sp³-hybridized carbons (Fsp3) is 0.708. The van der Waals surface area contributed by atoms with Crippen LogP contribution in [0.3, 0.4) is 0 Å². The van der Waals surface area contributed by atoms with E-state index in [0.717, 1.165) is 56.9 Å². The van der Waals surface area contributed by atoms with Gasteiger partial charge in [0.05, 0.1) is 27.2 Å². The smallest absolute Gasteiger partial charge is 0.307 e. The number of rotatable bonds is 13. The van der Waals surface area contributed by atoms with Gasteiger partial charge >= 0.3 is 5.97 Å². The molecule has 6 nitrogen and oxygen atoms in total. The van der Waals surface area contributed by atoms with Crippen molar-refractivity contribution in [1.29, 1.82) is 0 Å². The Balaban J connectivity index is 1.90. The highest BCUT2D eigenvalue weighted by Crippen LogP contribution is 2.27. The monoisotopic (exact) mass is 420 g/mol. The van der Waals surface area contributed by atoms with E-state index < -0.39 is 0 Å². The predicted molar refractivity (Wildman–Crippen MR) is 120 cm³/mol. The van der Waals surface area contributed by atoms with Crippen molar-refractivity contribution >= 4 is 5.97 Å². The lowest BCUT2D eigenvalue weighted by Crippen LogP contribution is -2.47. The number of carbonyl (C=O) groups excluding carboxylic acids is 1. The summed E-state index contributed by atoms with van der Waals surface area (Å²) >= 11 is 0. The number of unbranched alkanes of at least 4 members (excludes halogenated alkanes) is 1. The Morgan fingerprint density at radius 3 is 2.53 bits per heavy atom. The van der Waals surface area contributed by atoms with Crippen LogP contribution < -0.4 is 9.47 Å². The van der Waals surface area contributed by atoms with E-state index in [4.69, 9.17) is 14.2 Å². The maximum absolute atomic E-state index is 12.4. The normalized spacial score (nSPS) is 15.8. The lowest BCUT2D eigenvalue weighted by molar-refractivity contribution is -0.145. The van der Waals surface area contributed by atoms with Crippen molar-refractivity contribution in [3.63, 3.8) is 0 Å². The zero-order chi connectivity index (χ0) is 21.8. The first-order chi connectivity index (χ1) is 14.6. The molecule has 1 atom stereocenters. The van der Waals surface area contributed by atoms with Gasteiger partial charge in [-0.3, -0.25) is 9.69 Å². The predicted octanol–water partition coefficient (Wildman–Crippen LogP) is 3.77. The number of methoxy groups -OCH3 is 2. The van der Waals surface area contributed by atoms with Crippen molar-refractivity contribution in [2.45, 2.75) is 57.9 Å². The van der Waals surface area contributed by atoms with E-state index >= 15 is 0 Å². The van der Waals surface area contributed by atoms with Crippen LogP contribution in [0.2, 0.25) is 0 Å². The fourth-order valence-corrected chi connectivity index (χ4v) is 3.98. The summed E-state index contributed by atoms with van der Waals surface area (Å²) in [6.07, 6.45) is 7.11. The highest BCUT2D eigenvalue weighted by molar-refractivity contribution is 5.70. The molecule has 1 saturated heterocycles. The first-order valence-electron chi connectivity index (χ1n) is 11.4. The molecule has 0 bridgehead atoms. The minimum atomic E-state index is -0.0627. The number of piperidine rings is 1. The second-order valence-electron chi connectivity index (χ2n) is 8.23. The standard InChI is InChI=1S/C24H40N2O4/c1-5-6-16-30-24(27)18-21(26-13-8-7-9-14-26)19-25(2)15-12-20-10-11-22(28-3)23(17-20)29-4/h10-11,17,21H,5-9,12-16,18-19H2,1-4H3. The molecule has 1 aliphatic heterocycles. The summed E-state index contributed by atoms with van der Waals surface area (Å²) < 4.78 is 16.2. The van der Waals surface area contributed by atoms with Gasteiger partial charge in [0.1, 0.15) is 0 Å². The first-order valence-corrected chi connectivity index (χ1v) is 11.4. The first kappa shape index (κ1) is 24.5. The van der Waals surface area contributed by atoms with Gasteiger partial charge in [0.2, 0.25) is 0 Å². The van der Waals surface area contributed by atoms with Gasteiger partial charge in [0, 0.05) is 19.1 Å². The lowest BCUT2D eigenvalue weighted by Gasteiger charge is -2.36. The van der Waals surface area contributed by atoms with Crippen LogP contribution in [0.1, 0.15) is 51.0 Å². The number of ether oxygens (including phenoxy) is 3. The maximum Gasteiger partial charge on any atom is 0.307 e. The highest BCUT2D eigenvalue weighted by Gasteiger charge is 2.25. The van der Waals surface area contributed by atoms with E-state index in [2.05, 4.69) is 29.8 Å². The Kier molecular flexibility index (Phi) is 11.0. The maximum atomic E-state index is 12.4. The average Bonchev–Trinajstić information content (AvgIpc) is 2.77. The van der Waals surface area contributed by atoms with Crippen LogP contribution in [-0.2, 0) is 16.0 Å². The molecule has 6 heteroatoms. The molecule has 1 aliphatic rings. The molecule has 0 spiro atoms. The number of hydrogen-bond acceptors (Lipinski definition) is 6. The van der Waals surface area contributed by atoms with E-state index in [9.17, 15) is 4.79 Å². The number of benzene rings is 1. The summed E-state index contributed by atoms with van der Waals surface area (Å²) in [7, 11) is 5.45. The minimum absolute atomic E-state index is 0.0627. The summed E-state index contributed by atoms with van der Waals surface area (Å²) in [6.45, 7) is 6.60. The van der Waals surface area contributed by atoms with Gasteiger partial charge in [-0.2, -0.15) is 0 Å². The van der Waals surface area contributed by atoms with Crippen molar-refractivity contribution in [3.8, 4) is 11.5 Å². The number of nitrogens with zero attached hydrogens (tertiary/aromatic N) is 2. The Labute approximate surface area is 182 Å². The molecule has 0 radical (unpaired) electrons. The van der Waals surface area contributed by atoms with Crippen LogP contribution in [-0.4, -0.2) is 75.9 Å². The van der Waals surface area contributed by atoms with E-state index in [1.54, 1.807) is 14.2 Å². The second-order valence-corrected chi connectivity index (χ2v) is 8.23. The molecular weight excluding hydrogens is 380 g/mol. The molecule has 1 heterocycles. The Morgan fingerprint density at radius 2 is 1.87 bits per heavy atom. The SMILES string of the molecule is CCCCOC(=O)CC(CN(C)CCc1ccc(OC)c(OC)c1)N1CCCCC1. The van der Waals surface area contributed by atoms with Crippen LogP contribution in [0.5, 0.6) is 11.5 Å². The molecule has 0 saturated carbocycles. The van der Waals surface area contributed by atoms with E-state index in [-0.39, 0.29) is 12.0 Å². The minimum Gasteiger partial charge on any atom is -0.493 e. The van der Waals surface area contributed by atoms with Crippen molar-refractivity contribution in [3.05, 3.63) is 23.8 Å². The average molecular weight is 421 g/mol. The Hall–Kier alpha value is -1.79. The zero-order valence-corrected chi connectivity index (χ0v) is 19.3. The van der Waals surface area contributed by atoms with E-state index in [1.807, 2.05) is 12.1 Å². The second kappa shape index (κ2) is 13.5. The molecule has 2 rings (SSSR count). The molecule has 0 aromatic heterocycles. The number of carbonyl (C=O) groups is 1. The van der Waals surface area contributed by atoms with Crippen LogP contribution in [0.25, 0.3) is 0 Å². The third-order valence-corrected chi connectivity index (χ3v) is 5.82. The lowest BCUT2D eigenvalue weighted by atomic mass is 10.1. The highest BCUT2D eigenvalue weighted by atomic mass is 16.5. The number of likely N-dealkylation sites (tertiary alicyclic amines) is 1. The van der Waals surface area contributed by atoms with Crippen molar-refractivity contribution in [1.82, 2.24) is 9.80 Å². The largest absolute Gasteiger partial charge is 0.493 e.